The molecule has 3 rings (SSSR count). The summed E-state index contributed by atoms with van der Waals surface area (Å²) in [5.41, 5.74) is 3.07. The Morgan fingerprint density at radius 1 is 1.15 bits per heavy atom. The van der Waals surface area contributed by atoms with Gasteiger partial charge in [-0.25, -0.2) is 0 Å². The summed E-state index contributed by atoms with van der Waals surface area (Å²) < 4.78 is 11.2. The van der Waals surface area contributed by atoms with Gasteiger partial charge in [-0.05, 0) is 36.8 Å². The fourth-order valence-electron chi connectivity index (χ4n) is 2.59. The van der Waals surface area contributed by atoms with Gasteiger partial charge in [0.05, 0.1) is 13.2 Å². The van der Waals surface area contributed by atoms with E-state index in [-0.39, 0.29) is 6.10 Å². The minimum atomic E-state index is -0.481. The van der Waals surface area contributed by atoms with E-state index in [9.17, 15) is 5.11 Å². The van der Waals surface area contributed by atoms with Gasteiger partial charge in [0.15, 0.2) is 0 Å². The molecule has 1 aliphatic heterocycles. The van der Waals surface area contributed by atoms with Crippen LogP contribution < -0.4 is 9.47 Å². The molecule has 0 bridgehead atoms. The van der Waals surface area contributed by atoms with Crippen LogP contribution >= 0.6 is 0 Å². The second-order valence-electron chi connectivity index (χ2n) is 5.17. The van der Waals surface area contributed by atoms with Gasteiger partial charge in [0.25, 0.3) is 0 Å². The molecule has 104 valence electrons. The molecule has 2 aromatic rings. The number of aliphatic hydroxyl groups excluding tert-OH is 1. The molecule has 0 radical (unpaired) electrons. The van der Waals surface area contributed by atoms with Gasteiger partial charge >= 0.3 is 0 Å². The zero-order chi connectivity index (χ0) is 14.1. The Morgan fingerprint density at radius 2 is 1.90 bits per heavy atom. The molecule has 20 heavy (non-hydrogen) atoms. The van der Waals surface area contributed by atoms with Crippen LogP contribution in [0.2, 0.25) is 0 Å². The third-order valence-electron chi connectivity index (χ3n) is 3.72. The average molecular weight is 270 g/mol. The van der Waals surface area contributed by atoms with Crippen LogP contribution in [0.1, 0.15) is 35.3 Å². The molecule has 3 nitrogen and oxygen atoms in total. The van der Waals surface area contributed by atoms with E-state index in [2.05, 4.69) is 0 Å². The van der Waals surface area contributed by atoms with Crippen LogP contribution in [-0.4, -0.2) is 12.2 Å². The number of methoxy groups -OCH3 is 1. The molecule has 0 spiro atoms. The Bertz CT molecular complexity index is 604. The number of aryl methyl sites for hydroxylation is 1. The van der Waals surface area contributed by atoms with Crippen molar-refractivity contribution >= 4 is 0 Å². The Hall–Kier alpha value is -2.00. The number of benzene rings is 2. The molecule has 0 saturated carbocycles. The van der Waals surface area contributed by atoms with E-state index in [1.165, 1.54) is 0 Å². The standard InChI is InChI=1S/C17H18O3/c1-11-3-8-16-14(9-11)15(18)10-17(20-16)12-4-6-13(19-2)7-5-12/h3-9,15,17-18H,10H2,1-2H3. The van der Waals surface area contributed by atoms with Crippen LogP contribution in [0.4, 0.5) is 0 Å². The molecule has 1 heterocycles. The third-order valence-corrected chi connectivity index (χ3v) is 3.72. The van der Waals surface area contributed by atoms with Crippen molar-refractivity contribution < 1.29 is 14.6 Å². The second-order valence-corrected chi connectivity index (χ2v) is 5.17. The Balaban J connectivity index is 1.88. The van der Waals surface area contributed by atoms with Crippen LogP contribution in [-0.2, 0) is 0 Å². The summed E-state index contributed by atoms with van der Waals surface area (Å²) in [7, 11) is 1.65. The second kappa shape index (κ2) is 5.17. The first-order chi connectivity index (χ1) is 9.67. The van der Waals surface area contributed by atoms with Crippen molar-refractivity contribution in [3.8, 4) is 11.5 Å². The number of fused-ring (bicyclic) bond motifs is 1. The monoisotopic (exact) mass is 270 g/mol. The van der Waals surface area contributed by atoms with Crippen molar-refractivity contribution in [1.82, 2.24) is 0 Å². The van der Waals surface area contributed by atoms with Gasteiger partial charge < -0.3 is 14.6 Å². The number of rotatable bonds is 2. The molecular weight excluding hydrogens is 252 g/mol. The maximum absolute atomic E-state index is 10.3. The number of hydrogen-bond donors (Lipinski definition) is 1. The molecule has 0 amide bonds. The molecule has 0 aromatic heterocycles. The molecule has 3 heteroatoms. The van der Waals surface area contributed by atoms with E-state index >= 15 is 0 Å². The molecular formula is C17H18O3. The predicted molar refractivity (Wildman–Crippen MR) is 77.1 cm³/mol. The van der Waals surface area contributed by atoms with Crippen molar-refractivity contribution in [2.45, 2.75) is 25.6 Å². The number of ether oxygens (including phenoxy) is 2. The highest BCUT2D eigenvalue weighted by Crippen LogP contribution is 2.41. The third kappa shape index (κ3) is 2.37. The lowest BCUT2D eigenvalue weighted by Crippen LogP contribution is -2.19. The summed E-state index contributed by atoms with van der Waals surface area (Å²) in [5, 5.41) is 10.3. The zero-order valence-corrected chi connectivity index (χ0v) is 11.7. The minimum Gasteiger partial charge on any atom is -0.497 e. The summed E-state index contributed by atoms with van der Waals surface area (Å²) >= 11 is 0. The van der Waals surface area contributed by atoms with E-state index in [1.807, 2.05) is 49.4 Å². The fourth-order valence-corrected chi connectivity index (χ4v) is 2.59. The summed E-state index contributed by atoms with van der Waals surface area (Å²) in [5.74, 6) is 1.59. The van der Waals surface area contributed by atoms with Crippen molar-refractivity contribution in [2.75, 3.05) is 7.11 Å². The molecule has 2 unspecified atom stereocenters. The first-order valence-electron chi connectivity index (χ1n) is 6.76. The quantitative estimate of drug-likeness (QED) is 0.906. The van der Waals surface area contributed by atoms with Crippen molar-refractivity contribution in [3.63, 3.8) is 0 Å². The average Bonchev–Trinajstić information content (AvgIpc) is 2.48. The molecule has 0 aliphatic carbocycles. The van der Waals surface area contributed by atoms with Crippen molar-refractivity contribution in [1.29, 1.82) is 0 Å². The topological polar surface area (TPSA) is 38.7 Å². The van der Waals surface area contributed by atoms with Gasteiger partial charge in [-0.15, -0.1) is 0 Å². The van der Waals surface area contributed by atoms with Gasteiger partial charge in [0, 0.05) is 12.0 Å². The summed E-state index contributed by atoms with van der Waals surface area (Å²) in [6.45, 7) is 2.02. The molecule has 0 fully saturated rings. The molecule has 2 atom stereocenters. The maximum Gasteiger partial charge on any atom is 0.127 e. The van der Waals surface area contributed by atoms with Crippen LogP contribution in [0.15, 0.2) is 42.5 Å². The van der Waals surface area contributed by atoms with Crippen LogP contribution in [0, 0.1) is 6.92 Å². The van der Waals surface area contributed by atoms with Crippen molar-refractivity contribution in [2.24, 2.45) is 0 Å². The SMILES string of the molecule is COc1ccc(C2CC(O)c3cc(C)ccc3O2)cc1. The minimum absolute atomic E-state index is 0.119. The van der Waals surface area contributed by atoms with Gasteiger partial charge in [-0.2, -0.15) is 0 Å². The lowest BCUT2D eigenvalue weighted by atomic mass is 9.94. The summed E-state index contributed by atoms with van der Waals surface area (Å²) in [6, 6.07) is 13.7. The van der Waals surface area contributed by atoms with E-state index in [0.717, 1.165) is 28.2 Å². The lowest BCUT2D eigenvalue weighted by Gasteiger charge is -2.30. The Kier molecular flexibility index (Phi) is 3.36. The fraction of sp³-hybridized carbons (Fsp3) is 0.294. The Morgan fingerprint density at radius 3 is 2.60 bits per heavy atom. The van der Waals surface area contributed by atoms with E-state index in [4.69, 9.17) is 9.47 Å². The first-order valence-corrected chi connectivity index (χ1v) is 6.76. The Labute approximate surface area is 118 Å². The van der Waals surface area contributed by atoms with E-state index < -0.39 is 6.10 Å². The van der Waals surface area contributed by atoms with Gasteiger partial charge in [-0.3, -0.25) is 0 Å². The smallest absolute Gasteiger partial charge is 0.127 e. The summed E-state index contributed by atoms with van der Waals surface area (Å²) in [4.78, 5) is 0. The highest BCUT2D eigenvalue weighted by atomic mass is 16.5. The largest absolute Gasteiger partial charge is 0.497 e. The number of aliphatic hydroxyl groups is 1. The highest BCUT2D eigenvalue weighted by molar-refractivity contribution is 5.41. The van der Waals surface area contributed by atoms with Gasteiger partial charge in [0.1, 0.15) is 17.6 Å². The molecule has 2 aromatic carbocycles. The highest BCUT2D eigenvalue weighted by Gasteiger charge is 2.27. The van der Waals surface area contributed by atoms with E-state index in [1.54, 1.807) is 7.11 Å². The molecule has 1 aliphatic rings. The first kappa shape index (κ1) is 13.0. The van der Waals surface area contributed by atoms with E-state index in [0.29, 0.717) is 6.42 Å². The van der Waals surface area contributed by atoms with Crippen LogP contribution in [0.25, 0.3) is 0 Å². The zero-order valence-electron chi connectivity index (χ0n) is 11.7. The van der Waals surface area contributed by atoms with Crippen LogP contribution in [0.5, 0.6) is 11.5 Å². The lowest BCUT2D eigenvalue weighted by molar-refractivity contribution is 0.0656. The summed E-state index contributed by atoms with van der Waals surface area (Å²) in [6.07, 6.45) is -0.0279. The number of hydrogen-bond acceptors (Lipinski definition) is 3. The van der Waals surface area contributed by atoms with Crippen molar-refractivity contribution in [3.05, 3.63) is 59.2 Å². The van der Waals surface area contributed by atoms with Gasteiger partial charge in [-0.1, -0.05) is 23.8 Å². The van der Waals surface area contributed by atoms with Gasteiger partial charge in [0.2, 0.25) is 0 Å². The van der Waals surface area contributed by atoms with Crippen LogP contribution in [0.3, 0.4) is 0 Å². The normalized spacial score (nSPS) is 20.9. The molecule has 1 N–H and O–H groups in total. The predicted octanol–water partition coefficient (Wildman–Crippen LogP) is 3.56. The molecule has 0 saturated heterocycles. The maximum atomic E-state index is 10.3.